The SMILES string of the molecule is CNCCCC1Oc2ccccc2N(c2ccc3ccccc3c2)S1(O)O. The minimum Gasteiger partial charge on any atom is -0.467 e. The molecule has 3 aromatic rings. The van der Waals surface area contributed by atoms with Gasteiger partial charge in [0, 0.05) is 6.42 Å². The molecule has 6 heteroatoms. The van der Waals surface area contributed by atoms with Gasteiger partial charge < -0.3 is 10.1 Å². The van der Waals surface area contributed by atoms with E-state index in [0.717, 1.165) is 29.4 Å². The van der Waals surface area contributed by atoms with Gasteiger partial charge in [-0.25, -0.2) is 4.31 Å². The zero-order chi connectivity index (χ0) is 18.9. The maximum Gasteiger partial charge on any atom is 0.206 e. The first-order chi connectivity index (χ1) is 13.1. The number of ether oxygens (including phenoxy) is 1. The van der Waals surface area contributed by atoms with E-state index < -0.39 is 16.2 Å². The van der Waals surface area contributed by atoms with Gasteiger partial charge >= 0.3 is 0 Å². The second-order valence-corrected chi connectivity index (χ2v) is 8.66. The lowest BCUT2D eigenvalue weighted by Gasteiger charge is -2.51. The summed E-state index contributed by atoms with van der Waals surface area (Å²) in [7, 11) is -1.31. The second kappa shape index (κ2) is 7.40. The van der Waals surface area contributed by atoms with Crippen LogP contribution in [0.5, 0.6) is 5.75 Å². The van der Waals surface area contributed by atoms with E-state index in [2.05, 4.69) is 5.32 Å². The predicted octanol–water partition coefficient (Wildman–Crippen LogP) is 5.36. The van der Waals surface area contributed by atoms with Crippen LogP contribution in [0.1, 0.15) is 12.8 Å². The predicted molar refractivity (Wildman–Crippen MR) is 113 cm³/mol. The van der Waals surface area contributed by atoms with E-state index in [1.165, 1.54) is 0 Å². The fourth-order valence-corrected chi connectivity index (χ4v) is 5.27. The second-order valence-electron chi connectivity index (χ2n) is 6.65. The Morgan fingerprint density at radius 3 is 2.56 bits per heavy atom. The molecule has 27 heavy (non-hydrogen) atoms. The molecule has 0 bridgehead atoms. The number of para-hydroxylation sites is 2. The Hall–Kier alpha value is -2.25. The minimum atomic E-state index is -3.20. The van der Waals surface area contributed by atoms with Crippen LogP contribution in [-0.2, 0) is 0 Å². The van der Waals surface area contributed by atoms with E-state index in [4.69, 9.17) is 4.74 Å². The van der Waals surface area contributed by atoms with Crippen LogP contribution in [0.2, 0.25) is 0 Å². The van der Waals surface area contributed by atoms with Crippen molar-refractivity contribution in [3.8, 4) is 5.75 Å². The summed E-state index contributed by atoms with van der Waals surface area (Å²) in [5.41, 5.74) is 0.757. The molecule has 1 aliphatic rings. The topological polar surface area (TPSA) is 65.0 Å². The number of hydrogen-bond acceptors (Lipinski definition) is 5. The molecule has 4 rings (SSSR count). The fourth-order valence-electron chi connectivity index (χ4n) is 3.45. The number of nitrogens with zero attached hydrogens (tertiary/aromatic N) is 1. The quantitative estimate of drug-likeness (QED) is 0.517. The summed E-state index contributed by atoms with van der Waals surface area (Å²) in [5.74, 6) is 0.673. The van der Waals surface area contributed by atoms with Crippen LogP contribution >= 0.6 is 10.8 Å². The Kier molecular flexibility index (Phi) is 4.97. The van der Waals surface area contributed by atoms with Crippen LogP contribution in [0, 0.1) is 0 Å². The van der Waals surface area contributed by atoms with Crippen molar-refractivity contribution in [1.82, 2.24) is 5.32 Å². The van der Waals surface area contributed by atoms with Crippen LogP contribution in [0.4, 0.5) is 11.4 Å². The molecule has 0 radical (unpaired) electrons. The molecule has 0 saturated carbocycles. The van der Waals surface area contributed by atoms with Crippen LogP contribution in [0.25, 0.3) is 10.8 Å². The number of fused-ring (bicyclic) bond motifs is 2. The van der Waals surface area contributed by atoms with Gasteiger partial charge in [0.25, 0.3) is 0 Å². The first kappa shape index (κ1) is 18.1. The van der Waals surface area contributed by atoms with Gasteiger partial charge in [0.1, 0.15) is 11.4 Å². The Bertz CT molecular complexity index is 947. The normalized spacial score (nSPS) is 19.4. The smallest absolute Gasteiger partial charge is 0.206 e. The standard InChI is InChI=1S/C21H24N2O3S/c1-22-14-6-11-21-26-20-10-5-4-9-19(20)23(27(21,24)25)18-13-12-16-7-2-3-8-17(16)15-18/h2-5,7-10,12-13,15,21-22,24-25H,6,11,14H2,1H3. The lowest BCUT2D eigenvalue weighted by Crippen LogP contribution is -2.39. The molecule has 1 atom stereocenters. The van der Waals surface area contributed by atoms with Crippen molar-refractivity contribution in [2.45, 2.75) is 18.3 Å². The minimum absolute atomic E-state index is 0.557. The number of rotatable bonds is 5. The van der Waals surface area contributed by atoms with Crippen LogP contribution in [0.3, 0.4) is 0 Å². The Morgan fingerprint density at radius 2 is 1.74 bits per heavy atom. The van der Waals surface area contributed by atoms with Crippen molar-refractivity contribution in [2.75, 3.05) is 17.9 Å². The van der Waals surface area contributed by atoms with Gasteiger partial charge in [-0.1, -0.05) is 53.2 Å². The van der Waals surface area contributed by atoms with Gasteiger partial charge in [0.2, 0.25) is 5.44 Å². The molecule has 0 aromatic heterocycles. The van der Waals surface area contributed by atoms with Crippen molar-refractivity contribution >= 4 is 32.9 Å². The molecule has 3 aromatic carbocycles. The molecule has 0 aliphatic carbocycles. The molecule has 0 saturated heterocycles. The molecule has 3 N–H and O–H groups in total. The molecule has 0 amide bonds. The highest BCUT2D eigenvalue weighted by atomic mass is 32.3. The summed E-state index contributed by atoms with van der Waals surface area (Å²) in [6.45, 7) is 0.799. The largest absolute Gasteiger partial charge is 0.467 e. The number of anilines is 2. The maximum atomic E-state index is 11.2. The molecular formula is C21H24N2O3S. The molecule has 0 spiro atoms. The number of benzene rings is 3. The molecule has 0 fully saturated rings. The van der Waals surface area contributed by atoms with Crippen LogP contribution in [-0.4, -0.2) is 28.1 Å². The Morgan fingerprint density at radius 1 is 1.00 bits per heavy atom. The molecule has 1 unspecified atom stereocenters. The van der Waals surface area contributed by atoms with Crippen molar-refractivity contribution in [2.24, 2.45) is 0 Å². The van der Waals surface area contributed by atoms with E-state index in [-0.39, 0.29) is 0 Å². The lowest BCUT2D eigenvalue weighted by atomic mass is 10.1. The van der Waals surface area contributed by atoms with Crippen molar-refractivity contribution in [3.63, 3.8) is 0 Å². The van der Waals surface area contributed by atoms with E-state index in [1.54, 1.807) is 4.31 Å². The summed E-state index contributed by atoms with van der Waals surface area (Å²) in [6, 6.07) is 21.5. The highest BCUT2D eigenvalue weighted by Gasteiger charge is 2.40. The Labute approximate surface area is 161 Å². The van der Waals surface area contributed by atoms with E-state index in [1.807, 2.05) is 73.8 Å². The highest BCUT2D eigenvalue weighted by Crippen LogP contribution is 2.61. The van der Waals surface area contributed by atoms with Gasteiger partial charge in [0.15, 0.2) is 0 Å². The number of nitrogens with one attached hydrogen (secondary N) is 1. The average molecular weight is 385 g/mol. The van der Waals surface area contributed by atoms with Gasteiger partial charge in [-0.05, 0) is 55.1 Å². The molecular weight excluding hydrogens is 360 g/mol. The maximum absolute atomic E-state index is 11.2. The van der Waals surface area contributed by atoms with Gasteiger partial charge in [-0.15, -0.1) is 0 Å². The summed E-state index contributed by atoms with van der Waals surface area (Å²) < 4.78 is 30.0. The number of hydrogen-bond donors (Lipinski definition) is 3. The molecule has 5 nitrogen and oxygen atoms in total. The van der Waals surface area contributed by atoms with Gasteiger partial charge in [-0.2, -0.15) is 0 Å². The van der Waals surface area contributed by atoms with Gasteiger partial charge in [0.05, 0.1) is 5.69 Å². The van der Waals surface area contributed by atoms with E-state index in [0.29, 0.717) is 17.9 Å². The summed E-state index contributed by atoms with van der Waals surface area (Å²) >= 11 is 0. The zero-order valence-electron chi connectivity index (χ0n) is 15.2. The summed E-state index contributed by atoms with van der Waals surface area (Å²) in [5, 5.41) is 5.27. The lowest BCUT2D eigenvalue weighted by molar-refractivity contribution is 0.235. The van der Waals surface area contributed by atoms with Crippen LogP contribution < -0.4 is 14.4 Å². The van der Waals surface area contributed by atoms with E-state index >= 15 is 0 Å². The monoisotopic (exact) mass is 384 g/mol. The van der Waals surface area contributed by atoms with Crippen molar-refractivity contribution in [3.05, 3.63) is 66.7 Å². The van der Waals surface area contributed by atoms with Gasteiger partial charge in [-0.3, -0.25) is 9.11 Å². The van der Waals surface area contributed by atoms with Crippen molar-refractivity contribution in [1.29, 1.82) is 0 Å². The average Bonchev–Trinajstić information content (AvgIpc) is 2.68. The molecule has 1 aliphatic heterocycles. The first-order valence-corrected chi connectivity index (χ1v) is 10.6. The first-order valence-electron chi connectivity index (χ1n) is 9.08. The molecule has 1 heterocycles. The third kappa shape index (κ3) is 3.37. The fraction of sp³-hybridized carbons (Fsp3) is 0.238. The van der Waals surface area contributed by atoms with Crippen molar-refractivity contribution < 1.29 is 13.8 Å². The third-order valence-electron chi connectivity index (χ3n) is 4.80. The third-order valence-corrected chi connectivity index (χ3v) is 6.78. The summed E-state index contributed by atoms with van der Waals surface area (Å²) in [4.78, 5) is 0. The Balaban J connectivity index is 1.79. The zero-order valence-corrected chi connectivity index (χ0v) is 16.0. The van der Waals surface area contributed by atoms with Crippen LogP contribution in [0.15, 0.2) is 66.7 Å². The molecule has 142 valence electrons. The van der Waals surface area contributed by atoms with E-state index in [9.17, 15) is 9.11 Å². The highest BCUT2D eigenvalue weighted by molar-refractivity contribution is 8.26. The summed E-state index contributed by atoms with van der Waals surface area (Å²) in [6.07, 6.45) is 1.35.